The van der Waals surface area contributed by atoms with Crippen LogP contribution in [0.1, 0.15) is 65.3 Å². The standard InChI is InChI=1S/C36H41FN8O5/c1-4-7-24(20-47)45(3)36(50)33-22(19-46)8-5-9-29(33)41-12-13-42-31(48)10-6-11-32(49)44-30-15-23-14-25(26-16-40-18-28(38)21(26)2)34(37)35(39)27(23)17-43-30/h5,8-9,14-20,24,41H,4,6-7,10-13,38-39H2,1-3H3,(H,42,48)(H,43,44,49). The number of benzene rings is 2. The summed E-state index contributed by atoms with van der Waals surface area (Å²) in [7, 11) is 1.53. The van der Waals surface area contributed by atoms with E-state index in [1.165, 1.54) is 36.6 Å². The molecule has 0 aliphatic rings. The first-order chi connectivity index (χ1) is 24.0. The van der Waals surface area contributed by atoms with E-state index in [4.69, 9.17) is 11.5 Å². The van der Waals surface area contributed by atoms with Gasteiger partial charge in [0.1, 0.15) is 12.1 Å². The number of nitrogens with zero attached hydrogens (tertiary/aromatic N) is 3. The van der Waals surface area contributed by atoms with Crippen LogP contribution in [0.2, 0.25) is 0 Å². The minimum absolute atomic E-state index is 0.0492. The van der Waals surface area contributed by atoms with Crippen molar-refractivity contribution in [1.29, 1.82) is 0 Å². The number of likely N-dealkylation sites (N-methyl/N-ethyl adjacent to an activating group) is 1. The second-order valence-corrected chi connectivity index (χ2v) is 11.8. The van der Waals surface area contributed by atoms with Gasteiger partial charge >= 0.3 is 0 Å². The maximum Gasteiger partial charge on any atom is 0.257 e. The summed E-state index contributed by atoms with van der Waals surface area (Å²) in [6.45, 7) is 4.14. The quantitative estimate of drug-likeness (QED) is 0.0635. The van der Waals surface area contributed by atoms with Gasteiger partial charge in [0.05, 0.1) is 29.2 Å². The first-order valence-corrected chi connectivity index (χ1v) is 16.2. The molecule has 2 heterocycles. The highest BCUT2D eigenvalue weighted by Gasteiger charge is 2.25. The molecule has 4 aromatic rings. The lowest BCUT2D eigenvalue weighted by molar-refractivity contribution is -0.121. The number of nitrogen functional groups attached to an aromatic ring is 2. The zero-order valence-electron chi connectivity index (χ0n) is 28.2. The van der Waals surface area contributed by atoms with Gasteiger partial charge < -0.3 is 37.1 Å². The van der Waals surface area contributed by atoms with E-state index < -0.39 is 17.8 Å². The van der Waals surface area contributed by atoms with Crippen molar-refractivity contribution >= 4 is 63.9 Å². The van der Waals surface area contributed by atoms with E-state index in [0.717, 1.165) is 6.29 Å². The number of carbonyl (C=O) groups is 5. The summed E-state index contributed by atoms with van der Waals surface area (Å²) in [5.74, 6) is -1.47. The number of amides is 3. The number of carbonyl (C=O) groups excluding carboxylic acids is 5. The minimum Gasteiger partial charge on any atom is -0.397 e. The molecule has 1 atom stereocenters. The van der Waals surface area contributed by atoms with Gasteiger partial charge in [0.15, 0.2) is 12.1 Å². The lowest BCUT2D eigenvalue weighted by Crippen LogP contribution is -2.39. The molecule has 0 saturated carbocycles. The number of hydrogen-bond acceptors (Lipinski definition) is 10. The van der Waals surface area contributed by atoms with Gasteiger partial charge in [-0.2, -0.15) is 0 Å². The van der Waals surface area contributed by atoms with Crippen LogP contribution in [0.15, 0.2) is 48.9 Å². The number of hydrogen-bond donors (Lipinski definition) is 5. The van der Waals surface area contributed by atoms with Crippen molar-refractivity contribution in [2.24, 2.45) is 0 Å². The first kappa shape index (κ1) is 36.9. The first-order valence-electron chi connectivity index (χ1n) is 16.2. The van der Waals surface area contributed by atoms with Crippen molar-refractivity contribution in [2.45, 2.75) is 52.0 Å². The Hall–Kier alpha value is -5.92. The van der Waals surface area contributed by atoms with E-state index in [2.05, 4.69) is 25.9 Å². The number of fused-ring (bicyclic) bond motifs is 1. The Morgan fingerprint density at radius 2 is 1.78 bits per heavy atom. The summed E-state index contributed by atoms with van der Waals surface area (Å²) in [6, 6.07) is 7.39. The van der Waals surface area contributed by atoms with Gasteiger partial charge in [-0.1, -0.05) is 25.5 Å². The van der Waals surface area contributed by atoms with Crippen molar-refractivity contribution in [3.8, 4) is 11.1 Å². The fraction of sp³-hybridized carbons (Fsp3) is 0.306. The Kier molecular flexibility index (Phi) is 12.5. The molecule has 14 heteroatoms. The van der Waals surface area contributed by atoms with Crippen LogP contribution in [0.5, 0.6) is 0 Å². The molecule has 50 heavy (non-hydrogen) atoms. The van der Waals surface area contributed by atoms with E-state index in [0.29, 0.717) is 52.4 Å². The largest absolute Gasteiger partial charge is 0.397 e. The maximum atomic E-state index is 15.2. The van der Waals surface area contributed by atoms with Crippen LogP contribution >= 0.6 is 0 Å². The topological polar surface area (TPSA) is 202 Å². The van der Waals surface area contributed by atoms with E-state index in [1.807, 2.05) is 6.92 Å². The molecule has 0 radical (unpaired) electrons. The highest BCUT2D eigenvalue weighted by molar-refractivity contribution is 6.07. The highest BCUT2D eigenvalue weighted by atomic mass is 19.1. The molecule has 262 valence electrons. The molecule has 13 nitrogen and oxygen atoms in total. The second-order valence-electron chi connectivity index (χ2n) is 11.8. The van der Waals surface area contributed by atoms with Crippen LogP contribution in [0, 0.1) is 12.7 Å². The molecule has 1 unspecified atom stereocenters. The zero-order valence-corrected chi connectivity index (χ0v) is 28.2. The molecule has 0 aliphatic carbocycles. The Bertz CT molecular complexity index is 1920. The smallest absolute Gasteiger partial charge is 0.257 e. The zero-order chi connectivity index (χ0) is 36.4. The Balaban J connectivity index is 1.28. The molecule has 2 aromatic heterocycles. The Morgan fingerprint density at radius 3 is 2.50 bits per heavy atom. The predicted octanol–water partition coefficient (Wildman–Crippen LogP) is 4.50. The molecule has 0 bridgehead atoms. The van der Waals surface area contributed by atoms with E-state index >= 15 is 4.39 Å². The van der Waals surface area contributed by atoms with Crippen LogP contribution in [-0.4, -0.2) is 71.3 Å². The number of rotatable bonds is 16. The van der Waals surface area contributed by atoms with Gasteiger partial charge in [-0.15, -0.1) is 0 Å². The minimum atomic E-state index is -0.619. The monoisotopic (exact) mass is 684 g/mol. The SMILES string of the molecule is CCCC(C=O)N(C)C(=O)c1c(C=O)cccc1NCCNC(=O)CCCC(=O)Nc1cc2cc(-c3cncc(N)c3C)c(F)c(N)c2cn1. The van der Waals surface area contributed by atoms with Gasteiger partial charge in [0.25, 0.3) is 5.91 Å². The van der Waals surface area contributed by atoms with Gasteiger partial charge in [0.2, 0.25) is 11.8 Å². The summed E-state index contributed by atoms with van der Waals surface area (Å²) in [4.78, 5) is 71.2. The maximum absolute atomic E-state index is 15.2. The average molecular weight is 685 g/mol. The number of halogens is 1. The van der Waals surface area contributed by atoms with Gasteiger partial charge in [0, 0.05) is 73.1 Å². The van der Waals surface area contributed by atoms with Crippen molar-refractivity contribution in [3.05, 3.63) is 71.4 Å². The van der Waals surface area contributed by atoms with Crippen LogP contribution in [0.3, 0.4) is 0 Å². The predicted molar refractivity (Wildman–Crippen MR) is 191 cm³/mol. The second kappa shape index (κ2) is 17.0. The number of nitrogens with one attached hydrogen (secondary N) is 3. The summed E-state index contributed by atoms with van der Waals surface area (Å²) < 4.78 is 15.2. The number of aromatic nitrogens is 2. The van der Waals surface area contributed by atoms with Crippen LogP contribution in [0.25, 0.3) is 21.9 Å². The fourth-order valence-corrected chi connectivity index (χ4v) is 5.51. The third-order valence-electron chi connectivity index (χ3n) is 8.38. The molecule has 7 N–H and O–H groups in total. The molecule has 0 saturated heterocycles. The van der Waals surface area contributed by atoms with Gasteiger partial charge in [-0.05, 0) is 48.9 Å². The lowest BCUT2D eigenvalue weighted by atomic mass is 9.97. The molecule has 0 fully saturated rings. The van der Waals surface area contributed by atoms with Crippen LogP contribution in [-0.2, 0) is 14.4 Å². The summed E-state index contributed by atoms with van der Waals surface area (Å²) in [6.07, 6.45) is 7.30. The summed E-state index contributed by atoms with van der Waals surface area (Å²) >= 11 is 0. The molecule has 3 amide bonds. The van der Waals surface area contributed by atoms with Gasteiger partial charge in [-0.3, -0.25) is 24.2 Å². The highest BCUT2D eigenvalue weighted by Crippen LogP contribution is 2.36. The summed E-state index contributed by atoms with van der Waals surface area (Å²) in [5, 5.41) is 9.50. The van der Waals surface area contributed by atoms with E-state index in [-0.39, 0.29) is 72.4 Å². The van der Waals surface area contributed by atoms with Crippen molar-refractivity contribution < 1.29 is 28.4 Å². The average Bonchev–Trinajstić information content (AvgIpc) is 3.11. The van der Waals surface area contributed by atoms with Crippen molar-refractivity contribution in [1.82, 2.24) is 20.2 Å². The molecular formula is C36H41FN8O5. The number of pyridine rings is 2. The van der Waals surface area contributed by atoms with E-state index in [1.54, 1.807) is 31.2 Å². The molecule has 2 aromatic carbocycles. The van der Waals surface area contributed by atoms with Crippen molar-refractivity contribution in [2.75, 3.05) is 42.2 Å². The molecule has 4 rings (SSSR count). The van der Waals surface area contributed by atoms with E-state index in [9.17, 15) is 24.0 Å². The molecule has 0 aliphatic heterocycles. The molecule has 0 spiro atoms. The van der Waals surface area contributed by atoms with Crippen LogP contribution in [0.4, 0.5) is 27.3 Å². The number of aldehydes is 2. The lowest BCUT2D eigenvalue weighted by Gasteiger charge is -2.25. The number of anilines is 4. The summed E-state index contributed by atoms with van der Waals surface area (Å²) in [5.41, 5.74) is 14.5. The van der Waals surface area contributed by atoms with Crippen molar-refractivity contribution in [3.63, 3.8) is 0 Å². The fourth-order valence-electron chi connectivity index (χ4n) is 5.51. The molecular weight excluding hydrogens is 643 g/mol. The Morgan fingerprint density at radius 1 is 1.02 bits per heavy atom. The third-order valence-corrected chi connectivity index (χ3v) is 8.38. The van der Waals surface area contributed by atoms with Crippen LogP contribution < -0.4 is 27.4 Å². The number of nitrogens with two attached hydrogens (primary N) is 2. The Labute approximate surface area is 289 Å². The normalized spacial score (nSPS) is 11.4. The van der Waals surface area contributed by atoms with Gasteiger partial charge in [-0.25, -0.2) is 9.37 Å². The third kappa shape index (κ3) is 8.56.